The number of hydrogen-bond acceptors (Lipinski definition) is 4. The Balaban J connectivity index is 2.45. The van der Waals surface area contributed by atoms with E-state index in [1.54, 1.807) is 13.8 Å². The van der Waals surface area contributed by atoms with Crippen LogP contribution in [-0.2, 0) is 11.3 Å². The van der Waals surface area contributed by atoms with Gasteiger partial charge in [0.05, 0.1) is 6.54 Å². The summed E-state index contributed by atoms with van der Waals surface area (Å²) in [6, 6.07) is 2.86. The van der Waals surface area contributed by atoms with Crippen molar-refractivity contribution in [1.29, 1.82) is 0 Å². The Hall–Kier alpha value is -1.82. The summed E-state index contributed by atoms with van der Waals surface area (Å²) in [7, 11) is 0. The molecule has 0 aliphatic heterocycles. The van der Waals surface area contributed by atoms with Crippen molar-refractivity contribution in [1.82, 2.24) is 5.32 Å². The number of amides is 1. The fraction of sp³-hybridized carbons (Fsp3) is 0.455. The summed E-state index contributed by atoms with van der Waals surface area (Å²) in [6.07, 6.45) is 0.194. The van der Waals surface area contributed by atoms with E-state index in [4.69, 9.17) is 15.3 Å². The molecule has 1 rings (SSSR count). The minimum atomic E-state index is -1.13. The molecule has 0 aliphatic carbocycles. The van der Waals surface area contributed by atoms with Gasteiger partial charge in [-0.05, 0) is 26.0 Å². The molecule has 0 fully saturated rings. The highest BCUT2D eigenvalue weighted by Gasteiger charge is 2.16. The number of carboxylic acids is 1. The molecular weight excluding hydrogens is 224 g/mol. The number of carboxylic acid groups (broad SMARTS) is 1. The van der Waals surface area contributed by atoms with E-state index in [1.165, 1.54) is 12.1 Å². The quantitative estimate of drug-likeness (QED) is 0.703. The summed E-state index contributed by atoms with van der Waals surface area (Å²) < 4.78 is 4.98. The van der Waals surface area contributed by atoms with Crippen LogP contribution in [-0.4, -0.2) is 22.5 Å². The monoisotopic (exact) mass is 240 g/mol. The van der Waals surface area contributed by atoms with Crippen molar-refractivity contribution in [2.75, 3.05) is 0 Å². The van der Waals surface area contributed by atoms with E-state index in [0.29, 0.717) is 5.76 Å². The van der Waals surface area contributed by atoms with Gasteiger partial charge in [0.15, 0.2) is 0 Å². The van der Waals surface area contributed by atoms with E-state index in [2.05, 4.69) is 5.32 Å². The summed E-state index contributed by atoms with van der Waals surface area (Å²) in [4.78, 5) is 22.0. The maximum Gasteiger partial charge on any atom is 0.371 e. The van der Waals surface area contributed by atoms with Crippen LogP contribution in [0.4, 0.5) is 0 Å². The number of carbonyl (C=O) groups excluding carboxylic acids is 1. The average Bonchev–Trinajstić information content (AvgIpc) is 2.60. The Morgan fingerprint density at radius 2 is 2.12 bits per heavy atom. The largest absolute Gasteiger partial charge is 0.475 e. The Morgan fingerprint density at radius 1 is 1.47 bits per heavy atom. The molecule has 94 valence electrons. The summed E-state index contributed by atoms with van der Waals surface area (Å²) in [6.45, 7) is 3.66. The minimum absolute atomic E-state index is 0.145. The molecule has 6 nitrogen and oxygen atoms in total. The summed E-state index contributed by atoms with van der Waals surface area (Å²) in [5, 5.41) is 11.2. The van der Waals surface area contributed by atoms with Crippen LogP contribution in [0.15, 0.2) is 16.5 Å². The molecule has 4 N–H and O–H groups in total. The van der Waals surface area contributed by atoms with Crippen LogP contribution < -0.4 is 11.1 Å². The number of nitrogens with one attached hydrogen (secondary N) is 1. The standard InChI is InChI=1S/C11H16N2O4/c1-11(2,12)5-9(14)13-6-7-3-4-8(17-7)10(15)16/h3-4H,5-6,12H2,1-2H3,(H,13,14)(H,15,16). The summed E-state index contributed by atoms with van der Waals surface area (Å²) in [5.74, 6) is -1.09. The second kappa shape index (κ2) is 5.01. The Labute approximate surface area is 98.8 Å². The number of furan rings is 1. The molecule has 0 saturated heterocycles. The van der Waals surface area contributed by atoms with Gasteiger partial charge in [0.1, 0.15) is 5.76 Å². The van der Waals surface area contributed by atoms with Gasteiger partial charge < -0.3 is 20.6 Å². The number of carbonyl (C=O) groups is 2. The van der Waals surface area contributed by atoms with Crippen LogP contribution in [0.25, 0.3) is 0 Å². The average molecular weight is 240 g/mol. The van der Waals surface area contributed by atoms with Crippen LogP contribution in [0.3, 0.4) is 0 Å². The zero-order valence-electron chi connectivity index (χ0n) is 9.82. The second-order valence-corrected chi connectivity index (χ2v) is 4.51. The number of nitrogens with two attached hydrogens (primary N) is 1. The molecule has 0 saturated carbocycles. The molecule has 0 radical (unpaired) electrons. The zero-order chi connectivity index (χ0) is 13.1. The lowest BCUT2D eigenvalue weighted by atomic mass is 10.0. The zero-order valence-corrected chi connectivity index (χ0v) is 9.82. The molecule has 1 aromatic rings. The van der Waals surface area contributed by atoms with Gasteiger partial charge >= 0.3 is 5.97 Å². The molecule has 0 bridgehead atoms. The van der Waals surface area contributed by atoms with Crippen molar-refractivity contribution in [3.05, 3.63) is 23.7 Å². The lowest BCUT2D eigenvalue weighted by Gasteiger charge is -2.17. The predicted octanol–water partition coefficient (Wildman–Crippen LogP) is 0.721. The van der Waals surface area contributed by atoms with E-state index in [-0.39, 0.29) is 24.6 Å². The van der Waals surface area contributed by atoms with Gasteiger partial charge in [0.25, 0.3) is 0 Å². The molecule has 1 heterocycles. The van der Waals surface area contributed by atoms with Crippen molar-refractivity contribution in [2.24, 2.45) is 5.73 Å². The molecule has 17 heavy (non-hydrogen) atoms. The summed E-state index contributed by atoms with van der Waals surface area (Å²) >= 11 is 0. The summed E-state index contributed by atoms with van der Waals surface area (Å²) in [5.41, 5.74) is 5.12. The van der Waals surface area contributed by atoms with E-state index in [1.807, 2.05) is 0 Å². The first-order valence-electron chi connectivity index (χ1n) is 5.15. The topological polar surface area (TPSA) is 106 Å². The number of hydrogen-bond donors (Lipinski definition) is 3. The highest BCUT2D eigenvalue weighted by Crippen LogP contribution is 2.08. The van der Waals surface area contributed by atoms with E-state index in [9.17, 15) is 9.59 Å². The lowest BCUT2D eigenvalue weighted by molar-refractivity contribution is -0.122. The van der Waals surface area contributed by atoms with Crippen molar-refractivity contribution in [2.45, 2.75) is 32.4 Å². The van der Waals surface area contributed by atoms with Gasteiger partial charge in [0, 0.05) is 12.0 Å². The molecular formula is C11H16N2O4. The van der Waals surface area contributed by atoms with Gasteiger partial charge in [-0.15, -0.1) is 0 Å². The Morgan fingerprint density at radius 3 is 2.59 bits per heavy atom. The molecule has 0 aliphatic rings. The van der Waals surface area contributed by atoms with Crippen molar-refractivity contribution in [3.8, 4) is 0 Å². The highest BCUT2D eigenvalue weighted by atomic mass is 16.4. The van der Waals surface area contributed by atoms with Crippen molar-refractivity contribution < 1.29 is 19.1 Å². The third kappa shape index (κ3) is 4.69. The number of aromatic carboxylic acids is 1. The molecule has 0 unspecified atom stereocenters. The fourth-order valence-electron chi connectivity index (χ4n) is 1.25. The van der Waals surface area contributed by atoms with Crippen molar-refractivity contribution in [3.63, 3.8) is 0 Å². The maximum atomic E-state index is 11.4. The highest BCUT2D eigenvalue weighted by molar-refractivity contribution is 5.84. The Kier molecular flexibility index (Phi) is 3.90. The van der Waals surface area contributed by atoms with Gasteiger partial charge in [-0.3, -0.25) is 4.79 Å². The Bertz CT molecular complexity index is 417. The van der Waals surface area contributed by atoms with E-state index in [0.717, 1.165) is 0 Å². The van der Waals surface area contributed by atoms with Crippen LogP contribution >= 0.6 is 0 Å². The first-order valence-corrected chi connectivity index (χ1v) is 5.15. The maximum absolute atomic E-state index is 11.4. The third-order valence-corrected chi connectivity index (χ3v) is 1.95. The second-order valence-electron chi connectivity index (χ2n) is 4.51. The SMILES string of the molecule is CC(C)(N)CC(=O)NCc1ccc(C(=O)O)o1. The normalized spacial score (nSPS) is 11.2. The molecule has 1 amide bonds. The molecule has 0 spiro atoms. The van der Waals surface area contributed by atoms with Crippen LogP contribution in [0.2, 0.25) is 0 Å². The predicted molar refractivity (Wildman–Crippen MR) is 60.4 cm³/mol. The molecule has 6 heteroatoms. The van der Waals surface area contributed by atoms with E-state index < -0.39 is 11.5 Å². The van der Waals surface area contributed by atoms with Crippen LogP contribution in [0.5, 0.6) is 0 Å². The van der Waals surface area contributed by atoms with Gasteiger partial charge in [-0.1, -0.05) is 0 Å². The number of rotatable bonds is 5. The van der Waals surface area contributed by atoms with Gasteiger partial charge in [-0.25, -0.2) is 4.79 Å². The third-order valence-electron chi connectivity index (χ3n) is 1.95. The van der Waals surface area contributed by atoms with Crippen LogP contribution in [0, 0.1) is 0 Å². The fourth-order valence-corrected chi connectivity index (χ4v) is 1.25. The first kappa shape index (κ1) is 13.2. The van der Waals surface area contributed by atoms with Gasteiger partial charge in [-0.2, -0.15) is 0 Å². The van der Waals surface area contributed by atoms with Crippen molar-refractivity contribution >= 4 is 11.9 Å². The van der Waals surface area contributed by atoms with Gasteiger partial charge in [0.2, 0.25) is 11.7 Å². The molecule has 1 aromatic heterocycles. The smallest absolute Gasteiger partial charge is 0.371 e. The minimum Gasteiger partial charge on any atom is -0.475 e. The molecule has 0 aromatic carbocycles. The van der Waals surface area contributed by atoms with Crippen LogP contribution in [0.1, 0.15) is 36.6 Å². The first-order chi connectivity index (χ1) is 7.78. The van der Waals surface area contributed by atoms with E-state index >= 15 is 0 Å². The lowest BCUT2D eigenvalue weighted by Crippen LogP contribution is -2.38. The molecule has 0 atom stereocenters.